The molecule has 9 heteroatoms. The van der Waals surface area contributed by atoms with E-state index >= 15 is 0 Å². The van der Waals surface area contributed by atoms with Gasteiger partial charge in [0.2, 0.25) is 5.16 Å². The Morgan fingerprint density at radius 1 is 1.00 bits per heavy atom. The van der Waals surface area contributed by atoms with Crippen LogP contribution in [0.15, 0.2) is 93.6 Å². The minimum atomic E-state index is -0.272. The molecule has 3 aromatic carbocycles. The number of anilines is 1. The highest BCUT2D eigenvalue weighted by atomic mass is 79.9. The van der Waals surface area contributed by atoms with Gasteiger partial charge in [-0.2, -0.15) is 5.10 Å². The summed E-state index contributed by atoms with van der Waals surface area (Å²) in [6.45, 7) is 3.32. The van der Waals surface area contributed by atoms with Crippen LogP contribution >= 0.6 is 27.7 Å². The summed E-state index contributed by atoms with van der Waals surface area (Å²) in [5.74, 6) is 1.03. The predicted octanol–water partition coefficient (Wildman–Crippen LogP) is 7.67. The first-order valence-corrected chi connectivity index (χ1v) is 15.0. The second-order valence-corrected chi connectivity index (χ2v) is 11.5. The van der Waals surface area contributed by atoms with Crippen LogP contribution in [0.3, 0.4) is 0 Å². The summed E-state index contributed by atoms with van der Waals surface area (Å²) in [4.78, 5) is 12.0. The number of para-hydroxylation sites is 1. The first-order valence-electron chi connectivity index (χ1n) is 13.4. The molecule has 0 unspecified atom stereocenters. The van der Waals surface area contributed by atoms with Crippen LogP contribution in [0.4, 0.5) is 5.69 Å². The standard InChI is InChI=1S/C18H16BrN5O2S.C13H18/c1-12(26)17(22-20-14-9-7-13(19)8-10-14)27-18-23-21-16(11-25)24(18)15-5-3-2-4-6-15;1-11-7-9-13(10-8-11)12-5-3-2-4-6-12/h2-10,20,25H,11H2,1H3;7-10,12H,2-6H2,1H3/b22-17+;. The summed E-state index contributed by atoms with van der Waals surface area (Å²) in [6, 6.07) is 25.9. The van der Waals surface area contributed by atoms with E-state index in [1.165, 1.54) is 44.6 Å². The molecular formula is C31H34BrN5O2S. The third-order valence-electron chi connectivity index (χ3n) is 6.63. The van der Waals surface area contributed by atoms with Crippen molar-refractivity contribution < 1.29 is 9.90 Å². The van der Waals surface area contributed by atoms with E-state index in [1.54, 1.807) is 10.1 Å². The maximum Gasteiger partial charge on any atom is 0.202 e. The first kappa shape index (κ1) is 29.7. The highest BCUT2D eigenvalue weighted by molar-refractivity contribution is 9.10. The molecule has 0 aliphatic heterocycles. The molecule has 0 spiro atoms. The fraction of sp³-hybridized carbons (Fsp3) is 0.290. The zero-order chi connectivity index (χ0) is 28.3. The number of carbonyl (C=O) groups excluding carboxylic acids is 1. The van der Waals surface area contributed by atoms with Gasteiger partial charge in [-0.1, -0.05) is 83.2 Å². The molecule has 0 bridgehead atoms. The van der Waals surface area contributed by atoms with Gasteiger partial charge in [0.1, 0.15) is 6.61 Å². The maximum atomic E-state index is 12.0. The van der Waals surface area contributed by atoms with Gasteiger partial charge >= 0.3 is 0 Å². The van der Waals surface area contributed by atoms with E-state index in [0.29, 0.717) is 11.0 Å². The Bertz CT molecular complexity index is 1400. The van der Waals surface area contributed by atoms with Crippen LogP contribution < -0.4 is 5.43 Å². The largest absolute Gasteiger partial charge is 0.388 e. The number of hydrogen-bond donors (Lipinski definition) is 2. The van der Waals surface area contributed by atoms with Crippen molar-refractivity contribution in [3.8, 4) is 5.69 Å². The van der Waals surface area contributed by atoms with Gasteiger partial charge in [0.25, 0.3) is 0 Å². The number of hydrogen-bond acceptors (Lipinski definition) is 7. The monoisotopic (exact) mass is 619 g/mol. The minimum absolute atomic E-state index is 0.210. The molecule has 1 heterocycles. The van der Waals surface area contributed by atoms with E-state index in [0.717, 1.165) is 33.5 Å². The van der Waals surface area contributed by atoms with Gasteiger partial charge in [-0.05, 0) is 79.4 Å². The van der Waals surface area contributed by atoms with E-state index in [4.69, 9.17) is 0 Å². The number of thioether (sulfide) groups is 1. The first-order chi connectivity index (χ1) is 19.4. The number of aryl methyl sites for hydroxylation is 1. The second kappa shape index (κ2) is 14.9. The number of aliphatic hydroxyl groups is 1. The molecule has 40 heavy (non-hydrogen) atoms. The highest BCUT2D eigenvalue weighted by Gasteiger charge is 2.19. The number of hydrazone groups is 1. The van der Waals surface area contributed by atoms with Crippen LogP contribution in [0.25, 0.3) is 5.69 Å². The van der Waals surface area contributed by atoms with E-state index in [2.05, 4.69) is 67.8 Å². The molecule has 0 atom stereocenters. The molecular weight excluding hydrogens is 586 g/mol. The van der Waals surface area contributed by atoms with Crippen LogP contribution in [0.2, 0.25) is 0 Å². The number of ketones is 1. The second-order valence-electron chi connectivity index (χ2n) is 9.67. The van der Waals surface area contributed by atoms with Crippen LogP contribution in [0.5, 0.6) is 0 Å². The van der Waals surface area contributed by atoms with E-state index < -0.39 is 0 Å². The Balaban J connectivity index is 0.000000236. The summed E-state index contributed by atoms with van der Waals surface area (Å²) in [7, 11) is 0. The van der Waals surface area contributed by atoms with Gasteiger partial charge in [0.15, 0.2) is 16.7 Å². The Kier molecular flexibility index (Phi) is 11.1. The zero-order valence-electron chi connectivity index (χ0n) is 22.8. The number of aliphatic hydroxyl groups excluding tert-OH is 1. The smallest absolute Gasteiger partial charge is 0.202 e. The highest BCUT2D eigenvalue weighted by Crippen LogP contribution is 2.32. The fourth-order valence-corrected chi connectivity index (χ4v) is 5.54. The van der Waals surface area contributed by atoms with Crippen molar-refractivity contribution in [1.82, 2.24) is 14.8 Å². The van der Waals surface area contributed by atoms with Gasteiger partial charge in [0, 0.05) is 17.1 Å². The molecule has 0 radical (unpaired) electrons. The van der Waals surface area contributed by atoms with Crippen LogP contribution in [-0.4, -0.2) is 30.7 Å². The predicted molar refractivity (Wildman–Crippen MR) is 166 cm³/mol. The van der Waals surface area contributed by atoms with Gasteiger partial charge in [0.05, 0.1) is 5.69 Å². The topological polar surface area (TPSA) is 92.4 Å². The van der Waals surface area contributed by atoms with Crippen molar-refractivity contribution >= 4 is 44.2 Å². The molecule has 0 amide bonds. The summed E-state index contributed by atoms with van der Waals surface area (Å²) in [6.07, 6.45) is 7.12. The molecule has 1 saturated carbocycles. The van der Waals surface area contributed by atoms with Crippen molar-refractivity contribution in [3.05, 3.63) is 100 Å². The average molecular weight is 621 g/mol. The molecule has 1 aromatic heterocycles. The molecule has 1 aliphatic rings. The fourth-order valence-electron chi connectivity index (χ4n) is 4.48. The van der Waals surface area contributed by atoms with Crippen molar-refractivity contribution in [1.29, 1.82) is 0 Å². The Morgan fingerprint density at radius 2 is 1.68 bits per heavy atom. The van der Waals surface area contributed by atoms with E-state index in [1.807, 2.05) is 54.6 Å². The van der Waals surface area contributed by atoms with Crippen LogP contribution in [0, 0.1) is 6.92 Å². The minimum Gasteiger partial charge on any atom is -0.388 e. The van der Waals surface area contributed by atoms with Crippen molar-refractivity contribution in [2.24, 2.45) is 5.10 Å². The lowest BCUT2D eigenvalue weighted by molar-refractivity contribution is -0.110. The molecule has 208 valence electrons. The quantitative estimate of drug-likeness (QED) is 0.0954. The number of halogens is 1. The average Bonchev–Trinajstić information content (AvgIpc) is 3.40. The maximum absolute atomic E-state index is 12.0. The molecule has 2 N–H and O–H groups in total. The number of aromatic nitrogens is 3. The summed E-state index contributed by atoms with van der Waals surface area (Å²) in [5, 5.41) is 22.5. The number of nitrogens with zero attached hydrogens (tertiary/aromatic N) is 4. The molecule has 1 aliphatic carbocycles. The molecule has 0 saturated heterocycles. The number of rotatable bonds is 7. The Hall–Kier alpha value is -3.27. The number of carbonyl (C=O) groups is 1. The lowest BCUT2D eigenvalue weighted by atomic mass is 9.84. The molecule has 1 fully saturated rings. The van der Waals surface area contributed by atoms with Crippen molar-refractivity contribution in [3.63, 3.8) is 0 Å². The summed E-state index contributed by atoms with van der Waals surface area (Å²) >= 11 is 4.46. The van der Waals surface area contributed by atoms with Gasteiger partial charge < -0.3 is 5.11 Å². The Labute approximate surface area is 248 Å². The molecule has 7 nitrogen and oxygen atoms in total. The zero-order valence-corrected chi connectivity index (χ0v) is 25.2. The van der Waals surface area contributed by atoms with Gasteiger partial charge in [-0.25, -0.2) is 0 Å². The SMILES string of the molecule is CC(=O)/C(=N\Nc1ccc(Br)cc1)Sc1nnc(CO)n1-c1ccccc1.Cc1ccc(C2CCCCC2)cc1. The number of nitrogens with one attached hydrogen (secondary N) is 1. The summed E-state index contributed by atoms with van der Waals surface area (Å²) < 4.78 is 2.65. The van der Waals surface area contributed by atoms with Crippen LogP contribution in [0.1, 0.15) is 61.9 Å². The van der Waals surface area contributed by atoms with Crippen molar-refractivity contribution in [2.45, 2.75) is 63.6 Å². The Morgan fingerprint density at radius 3 is 2.30 bits per heavy atom. The van der Waals surface area contributed by atoms with Gasteiger partial charge in [-0.15, -0.1) is 10.2 Å². The normalized spacial score (nSPS) is 13.8. The van der Waals surface area contributed by atoms with Crippen molar-refractivity contribution in [2.75, 3.05) is 5.43 Å². The van der Waals surface area contributed by atoms with E-state index in [-0.39, 0.29) is 17.4 Å². The number of Topliss-reactive ketones (excluding diaryl/α,β-unsaturated/α-hetero) is 1. The number of benzene rings is 3. The van der Waals surface area contributed by atoms with Crippen LogP contribution in [-0.2, 0) is 11.4 Å². The molecule has 5 rings (SSSR count). The lowest BCUT2D eigenvalue weighted by Gasteiger charge is -2.21. The summed E-state index contributed by atoms with van der Waals surface area (Å²) in [5.41, 5.74) is 7.35. The van der Waals surface area contributed by atoms with E-state index in [9.17, 15) is 9.90 Å². The molecule has 4 aromatic rings. The third kappa shape index (κ3) is 8.36. The lowest BCUT2D eigenvalue weighted by Crippen LogP contribution is -2.10. The third-order valence-corrected chi connectivity index (χ3v) is 8.18. The van der Waals surface area contributed by atoms with Gasteiger partial charge in [-0.3, -0.25) is 14.8 Å².